The van der Waals surface area contributed by atoms with Gasteiger partial charge in [0.2, 0.25) is 0 Å². The Hall–Kier alpha value is -2.26. The molecule has 0 heterocycles. The highest BCUT2D eigenvalue weighted by atomic mass is 35.5. The van der Waals surface area contributed by atoms with E-state index < -0.39 is 0 Å². The highest BCUT2D eigenvalue weighted by Crippen LogP contribution is 2.16. The van der Waals surface area contributed by atoms with Gasteiger partial charge >= 0.3 is 6.03 Å². The van der Waals surface area contributed by atoms with Crippen LogP contribution in [0.25, 0.3) is 6.08 Å². The van der Waals surface area contributed by atoms with Crippen molar-refractivity contribution in [3.8, 4) is 0 Å². The van der Waals surface area contributed by atoms with Gasteiger partial charge in [0.25, 0.3) is 0 Å². The zero-order valence-electron chi connectivity index (χ0n) is 12.0. The van der Waals surface area contributed by atoms with E-state index in [0.717, 1.165) is 22.4 Å². The Labute approximate surface area is 129 Å². The smallest absolute Gasteiger partial charge is 0.314 e. The van der Waals surface area contributed by atoms with E-state index in [2.05, 4.69) is 10.6 Å². The van der Waals surface area contributed by atoms with Crippen LogP contribution >= 0.6 is 11.6 Å². The summed E-state index contributed by atoms with van der Waals surface area (Å²) in [7, 11) is 0. The van der Waals surface area contributed by atoms with Crippen molar-refractivity contribution < 1.29 is 4.79 Å². The van der Waals surface area contributed by atoms with Gasteiger partial charge in [0, 0.05) is 16.9 Å². The van der Waals surface area contributed by atoms with Crippen molar-refractivity contribution in [3.05, 3.63) is 70.4 Å². The number of aryl methyl sites for hydroxylation is 2. The van der Waals surface area contributed by atoms with E-state index in [4.69, 9.17) is 11.6 Å². The van der Waals surface area contributed by atoms with Crippen LogP contribution in [0.3, 0.4) is 0 Å². The predicted octanol–water partition coefficient (Wildman–Crippen LogP) is 4.75. The lowest BCUT2D eigenvalue weighted by molar-refractivity contribution is 0.255. The molecule has 0 aliphatic heterocycles. The Balaban J connectivity index is 1.94. The number of hydrogen-bond donors (Lipinski definition) is 2. The molecule has 3 nitrogen and oxygen atoms in total. The summed E-state index contributed by atoms with van der Waals surface area (Å²) in [6.07, 6.45) is 3.38. The van der Waals surface area contributed by atoms with Crippen LogP contribution in [0.1, 0.15) is 16.7 Å². The SMILES string of the molecule is Cc1ccc(C)c(NC(=O)N/C=C/c2cccc(Cl)c2)c1. The normalized spacial score (nSPS) is 10.6. The molecule has 0 aliphatic rings. The first-order valence-electron chi connectivity index (χ1n) is 6.61. The summed E-state index contributed by atoms with van der Waals surface area (Å²) in [6, 6.07) is 13.1. The number of benzene rings is 2. The average Bonchev–Trinajstić information content (AvgIpc) is 2.43. The van der Waals surface area contributed by atoms with Crippen molar-refractivity contribution in [2.24, 2.45) is 0 Å². The first-order chi connectivity index (χ1) is 10.0. The number of halogens is 1. The van der Waals surface area contributed by atoms with Crippen molar-refractivity contribution in [1.29, 1.82) is 0 Å². The van der Waals surface area contributed by atoms with E-state index in [1.165, 1.54) is 0 Å². The second-order valence-corrected chi connectivity index (χ2v) is 5.24. The number of anilines is 1. The fraction of sp³-hybridized carbons (Fsp3) is 0.118. The number of amides is 2. The lowest BCUT2D eigenvalue weighted by atomic mass is 10.1. The molecule has 0 fully saturated rings. The van der Waals surface area contributed by atoms with E-state index in [1.807, 2.05) is 50.2 Å². The molecular formula is C17H17ClN2O. The van der Waals surface area contributed by atoms with Gasteiger partial charge in [-0.05, 0) is 54.8 Å². The molecule has 0 saturated carbocycles. The summed E-state index contributed by atoms with van der Waals surface area (Å²) >= 11 is 5.89. The minimum absolute atomic E-state index is 0.276. The molecule has 0 bridgehead atoms. The molecule has 0 aliphatic carbocycles. The van der Waals surface area contributed by atoms with Gasteiger partial charge in [-0.3, -0.25) is 0 Å². The molecular weight excluding hydrogens is 284 g/mol. The highest BCUT2D eigenvalue weighted by molar-refractivity contribution is 6.30. The predicted molar refractivity (Wildman–Crippen MR) is 88.6 cm³/mol. The van der Waals surface area contributed by atoms with Gasteiger partial charge in [-0.15, -0.1) is 0 Å². The van der Waals surface area contributed by atoms with Crippen molar-refractivity contribution in [1.82, 2.24) is 5.32 Å². The lowest BCUT2D eigenvalue weighted by Gasteiger charge is -2.08. The van der Waals surface area contributed by atoms with Crippen LogP contribution in [0.2, 0.25) is 5.02 Å². The van der Waals surface area contributed by atoms with Crippen LogP contribution < -0.4 is 10.6 Å². The molecule has 21 heavy (non-hydrogen) atoms. The zero-order valence-corrected chi connectivity index (χ0v) is 12.7. The van der Waals surface area contributed by atoms with E-state index in [1.54, 1.807) is 18.3 Å². The molecule has 2 N–H and O–H groups in total. The Morgan fingerprint density at radius 2 is 1.95 bits per heavy atom. The summed E-state index contributed by atoms with van der Waals surface area (Å²) in [5.41, 5.74) is 3.86. The second-order valence-electron chi connectivity index (χ2n) is 4.81. The molecule has 0 atom stereocenters. The standard InChI is InChI=1S/C17H17ClN2O/c1-12-6-7-13(2)16(10-12)20-17(21)19-9-8-14-4-3-5-15(18)11-14/h3-11H,1-2H3,(H2,19,20,21)/b9-8+. The van der Waals surface area contributed by atoms with Crippen molar-refractivity contribution in [2.45, 2.75) is 13.8 Å². The van der Waals surface area contributed by atoms with Gasteiger partial charge < -0.3 is 10.6 Å². The van der Waals surface area contributed by atoms with Gasteiger partial charge in [-0.1, -0.05) is 35.9 Å². The molecule has 2 aromatic carbocycles. The number of rotatable bonds is 3. The highest BCUT2D eigenvalue weighted by Gasteiger charge is 2.02. The van der Waals surface area contributed by atoms with Gasteiger partial charge in [-0.2, -0.15) is 0 Å². The van der Waals surface area contributed by atoms with Crippen LogP contribution in [0.4, 0.5) is 10.5 Å². The Morgan fingerprint density at radius 3 is 2.71 bits per heavy atom. The van der Waals surface area contributed by atoms with E-state index >= 15 is 0 Å². The van der Waals surface area contributed by atoms with E-state index in [9.17, 15) is 4.79 Å². The van der Waals surface area contributed by atoms with Crippen molar-refractivity contribution in [2.75, 3.05) is 5.32 Å². The number of carbonyl (C=O) groups excluding carboxylic acids is 1. The quantitative estimate of drug-likeness (QED) is 0.844. The summed E-state index contributed by atoms with van der Waals surface area (Å²) < 4.78 is 0. The summed E-state index contributed by atoms with van der Waals surface area (Å²) in [5, 5.41) is 6.16. The number of carbonyl (C=O) groups is 1. The fourth-order valence-electron chi connectivity index (χ4n) is 1.85. The summed E-state index contributed by atoms with van der Waals surface area (Å²) in [5.74, 6) is 0. The number of urea groups is 1. The molecule has 2 rings (SSSR count). The molecule has 0 unspecified atom stereocenters. The maximum Gasteiger partial charge on any atom is 0.323 e. The van der Waals surface area contributed by atoms with Crippen LogP contribution in [-0.4, -0.2) is 6.03 Å². The van der Waals surface area contributed by atoms with Crippen molar-refractivity contribution >= 4 is 29.4 Å². The molecule has 0 spiro atoms. The van der Waals surface area contributed by atoms with Crippen LogP contribution in [-0.2, 0) is 0 Å². The molecule has 2 amide bonds. The molecule has 108 valence electrons. The van der Waals surface area contributed by atoms with Gasteiger partial charge in [-0.25, -0.2) is 4.79 Å². The third kappa shape index (κ3) is 4.65. The molecule has 0 aromatic heterocycles. The Kier molecular flexibility index (Phi) is 5.01. The largest absolute Gasteiger partial charge is 0.323 e. The van der Waals surface area contributed by atoms with Gasteiger partial charge in [0.05, 0.1) is 0 Å². The molecule has 4 heteroatoms. The minimum atomic E-state index is -0.276. The Morgan fingerprint density at radius 1 is 1.14 bits per heavy atom. The monoisotopic (exact) mass is 300 g/mol. The molecule has 0 radical (unpaired) electrons. The fourth-order valence-corrected chi connectivity index (χ4v) is 2.05. The van der Waals surface area contributed by atoms with Crippen molar-refractivity contribution in [3.63, 3.8) is 0 Å². The topological polar surface area (TPSA) is 41.1 Å². The number of nitrogens with one attached hydrogen (secondary N) is 2. The minimum Gasteiger partial charge on any atom is -0.314 e. The maximum absolute atomic E-state index is 11.8. The lowest BCUT2D eigenvalue weighted by Crippen LogP contribution is -2.24. The van der Waals surface area contributed by atoms with Crippen LogP contribution in [0, 0.1) is 13.8 Å². The average molecular weight is 301 g/mol. The third-order valence-corrected chi connectivity index (χ3v) is 3.22. The second kappa shape index (κ2) is 6.95. The first kappa shape index (κ1) is 15.1. The van der Waals surface area contributed by atoms with E-state index in [-0.39, 0.29) is 6.03 Å². The van der Waals surface area contributed by atoms with Crippen LogP contribution in [0.5, 0.6) is 0 Å². The summed E-state index contributed by atoms with van der Waals surface area (Å²) in [4.78, 5) is 11.8. The Bertz CT molecular complexity index is 680. The van der Waals surface area contributed by atoms with E-state index in [0.29, 0.717) is 5.02 Å². The zero-order chi connectivity index (χ0) is 15.2. The third-order valence-electron chi connectivity index (χ3n) is 2.98. The first-order valence-corrected chi connectivity index (χ1v) is 6.99. The van der Waals surface area contributed by atoms with Crippen LogP contribution in [0.15, 0.2) is 48.7 Å². The summed E-state index contributed by atoms with van der Waals surface area (Å²) in [6.45, 7) is 3.94. The maximum atomic E-state index is 11.8. The molecule has 2 aromatic rings. The van der Waals surface area contributed by atoms with Gasteiger partial charge in [0.1, 0.15) is 0 Å². The number of hydrogen-bond acceptors (Lipinski definition) is 1. The molecule has 0 saturated heterocycles. The van der Waals surface area contributed by atoms with Gasteiger partial charge in [0.15, 0.2) is 0 Å².